The smallest absolute Gasteiger partial charge is 0.255 e. The molecule has 3 aliphatic carbocycles. The van der Waals surface area contributed by atoms with Crippen LogP contribution in [0.5, 0.6) is 5.75 Å². The lowest BCUT2D eigenvalue weighted by Crippen LogP contribution is -2.70. The lowest BCUT2D eigenvalue weighted by molar-refractivity contribution is -0.169. The van der Waals surface area contributed by atoms with Crippen LogP contribution in [0.25, 0.3) is 16.7 Å². The van der Waals surface area contributed by atoms with E-state index in [2.05, 4.69) is 36.0 Å². The van der Waals surface area contributed by atoms with Crippen molar-refractivity contribution in [3.63, 3.8) is 0 Å². The van der Waals surface area contributed by atoms with Gasteiger partial charge in [-0.25, -0.2) is 0 Å². The number of ketones is 2. The van der Waals surface area contributed by atoms with Gasteiger partial charge < -0.3 is 41.5 Å². The Morgan fingerprint density at radius 2 is 1.78 bits per heavy atom. The fraction of sp³-hybridized carbons (Fsp3) is 0.450. The molecule has 1 saturated carbocycles. The highest BCUT2D eigenvalue weighted by Gasteiger charge is 2.68. The molecule has 7 atom stereocenters. The number of hydrogen-bond acceptors (Lipinski definition) is 12. The molecule has 0 aliphatic heterocycles. The van der Waals surface area contributed by atoms with Crippen LogP contribution in [0.15, 0.2) is 65.6 Å². The maximum atomic E-state index is 13.7. The topological polar surface area (TPSA) is 210 Å². The molecular formula is C40H50ClN5O8. The molecule has 2 aromatic carbocycles. The Morgan fingerprint density at radius 3 is 2.41 bits per heavy atom. The largest absolute Gasteiger partial charge is 0.508 e. The van der Waals surface area contributed by atoms with Crippen molar-refractivity contribution in [2.75, 3.05) is 39.0 Å². The van der Waals surface area contributed by atoms with Gasteiger partial charge in [0.05, 0.1) is 29.1 Å². The summed E-state index contributed by atoms with van der Waals surface area (Å²) < 4.78 is 0. The van der Waals surface area contributed by atoms with Crippen molar-refractivity contribution in [2.45, 2.75) is 70.2 Å². The fourth-order valence-electron chi connectivity index (χ4n) is 8.32. The first-order valence-corrected chi connectivity index (χ1v) is 18.6. The van der Waals surface area contributed by atoms with Gasteiger partial charge in [0.15, 0.2) is 11.4 Å². The molecule has 3 aliphatic rings. The number of nitrogens with zero attached hydrogens (tertiary/aromatic N) is 3. The number of halogens is 1. The van der Waals surface area contributed by atoms with Crippen LogP contribution < -0.4 is 11.1 Å². The normalized spacial score (nSPS) is 25.6. The lowest BCUT2D eigenvalue weighted by atomic mass is 9.54. The second kappa shape index (κ2) is 16.1. The van der Waals surface area contributed by atoms with E-state index >= 15 is 0 Å². The summed E-state index contributed by atoms with van der Waals surface area (Å²) >= 11 is 6.04. The number of carbonyl (C=O) groups is 3. The maximum Gasteiger partial charge on any atom is 0.255 e. The predicted molar refractivity (Wildman–Crippen MR) is 207 cm³/mol. The maximum absolute atomic E-state index is 13.7. The summed E-state index contributed by atoms with van der Waals surface area (Å²) in [6.07, 6.45) is 2.62. The number of hydrogen-bond donors (Lipinski definition) is 7. The number of aromatic hydroxyl groups is 1. The highest BCUT2D eigenvalue weighted by Crippen LogP contribution is 2.56. The number of rotatable bonds is 10. The standard InChI is InChI=1S/C22H24N2O8.C18H26ClN3/c1-7-8-5-4-6-9(25)11(8)16(26)12-10(7)17(27)14-15(24(2)3)18(28)13(21(23)31)20(30)22(14,32)19(12)29;1-4-22(5-2)12-6-7-14(3)21-17-10-11-20-18-13-15(19)8-9-16(17)18/h4-7,10,14-15,17,25-27,30,32H,1-3H3,(H2,23,31);8-11,13-14H,4-7,12H2,1-3H3,(H,20,21)/t7-,10+,14+,15-,17-,22-;/m0./s1. The molecule has 0 saturated heterocycles. The van der Waals surface area contributed by atoms with Gasteiger partial charge in [0, 0.05) is 39.8 Å². The first-order valence-electron chi connectivity index (χ1n) is 18.2. The third-order valence-corrected chi connectivity index (χ3v) is 11.3. The Hall–Kier alpha value is -4.53. The quantitative estimate of drug-likeness (QED) is 0.144. The second-order valence-electron chi connectivity index (χ2n) is 14.5. The van der Waals surface area contributed by atoms with E-state index in [1.165, 1.54) is 38.0 Å². The number of nitrogens with one attached hydrogen (secondary N) is 1. The van der Waals surface area contributed by atoms with Crippen LogP contribution in [-0.4, -0.2) is 115 Å². The van der Waals surface area contributed by atoms with Gasteiger partial charge in [-0.2, -0.15) is 0 Å². The number of fused-ring (bicyclic) bond motifs is 4. The van der Waals surface area contributed by atoms with Crippen molar-refractivity contribution in [2.24, 2.45) is 17.6 Å². The van der Waals surface area contributed by atoms with Crippen molar-refractivity contribution in [3.8, 4) is 5.75 Å². The summed E-state index contributed by atoms with van der Waals surface area (Å²) in [4.78, 5) is 46.8. The Kier molecular flexibility index (Phi) is 12.1. The van der Waals surface area contributed by atoms with Crippen LogP contribution >= 0.6 is 11.6 Å². The monoisotopic (exact) mass is 763 g/mol. The molecular weight excluding hydrogens is 714 g/mol. The molecule has 54 heavy (non-hydrogen) atoms. The lowest BCUT2D eigenvalue weighted by Gasteiger charge is -2.53. The van der Waals surface area contributed by atoms with Crippen molar-refractivity contribution >= 4 is 51.4 Å². The van der Waals surface area contributed by atoms with Crippen LogP contribution in [0.4, 0.5) is 5.69 Å². The number of aliphatic hydroxyl groups excluding tert-OH is 3. The number of anilines is 1. The minimum absolute atomic E-state index is 0.0245. The Morgan fingerprint density at radius 1 is 1.09 bits per heavy atom. The molecule has 1 amide bonds. The zero-order valence-corrected chi connectivity index (χ0v) is 32.1. The molecule has 6 rings (SSSR count). The van der Waals surface area contributed by atoms with Gasteiger partial charge >= 0.3 is 0 Å². The van der Waals surface area contributed by atoms with Gasteiger partial charge in [-0.05, 0) is 95.3 Å². The Balaban J connectivity index is 0.000000223. The van der Waals surface area contributed by atoms with E-state index in [9.17, 15) is 39.9 Å². The molecule has 8 N–H and O–H groups in total. The molecule has 290 valence electrons. The van der Waals surface area contributed by atoms with Crippen LogP contribution in [0.3, 0.4) is 0 Å². The van der Waals surface area contributed by atoms with Gasteiger partial charge in [0.2, 0.25) is 5.78 Å². The predicted octanol–water partition coefficient (Wildman–Crippen LogP) is 4.31. The second-order valence-corrected chi connectivity index (χ2v) is 15.0. The molecule has 14 heteroatoms. The van der Waals surface area contributed by atoms with E-state index in [0.717, 1.165) is 41.1 Å². The van der Waals surface area contributed by atoms with Crippen molar-refractivity contribution in [1.29, 1.82) is 0 Å². The fourth-order valence-corrected chi connectivity index (χ4v) is 8.49. The third kappa shape index (κ3) is 7.06. The highest BCUT2D eigenvalue weighted by atomic mass is 35.5. The highest BCUT2D eigenvalue weighted by molar-refractivity contribution is 6.31. The number of phenols is 1. The third-order valence-electron chi connectivity index (χ3n) is 11.1. The molecule has 1 fully saturated rings. The van der Waals surface area contributed by atoms with Crippen molar-refractivity contribution in [3.05, 3.63) is 81.7 Å². The van der Waals surface area contributed by atoms with Crippen molar-refractivity contribution < 1.29 is 39.9 Å². The number of amides is 1. The molecule has 0 spiro atoms. The number of Topliss-reactive ketones (excluding diaryl/α,β-unsaturated/α-hetero) is 2. The number of carbonyl (C=O) groups excluding carboxylic acids is 3. The van der Waals surface area contributed by atoms with Gasteiger partial charge in [-0.3, -0.25) is 24.3 Å². The number of aromatic nitrogens is 1. The van der Waals surface area contributed by atoms with E-state index in [1.807, 2.05) is 30.5 Å². The van der Waals surface area contributed by atoms with Crippen LogP contribution in [-0.2, 0) is 14.4 Å². The number of nitrogens with two attached hydrogens (primary N) is 1. The number of phenolic OH excluding ortho intramolecular Hbond substituents is 1. The van der Waals surface area contributed by atoms with E-state index in [0.29, 0.717) is 11.6 Å². The molecule has 0 radical (unpaired) electrons. The summed E-state index contributed by atoms with van der Waals surface area (Å²) in [7, 11) is 2.92. The number of benzene rings is 2. The minimum atomic E-state index is -2.89. The van der Waals surface area contributed by atoms with E-state index < -0.39 is 75.6 Å². The summed E-state index contributed by atoms with van der Waals surface area (Å²) in [6, 6.07) is 11.5. The average molecular weight is 764 g/mol. The van der Waals surface area contributed by atoms with Gasteiger partial charge in [0.1, 0.15) is 22.8 Å². The van der Waals surface area contributed by atoms with E-state index in [1.54, 1.807) is 19.1 Å². The first-order chi connectivity index (χ1) is 25.5. The molecule has 13 nitrogen and oxygen atoms in total. The minimum Gasteiger partial charge on any atom is -0.508 e. The molecule has 3 aromatic rings. The molecule has 1 unspecified atom stereocenters. The van der Waals surface area contributed by atoms with Crippen LogP contribution in [0.2, 0.25) is 5.02 Å². The molecule has 1 heterocycles. The zero-order valence-electron chi connectivity index (χ0n) is 31.4. The summed E-state index contributed by atoms with van der Waals surface area (Å²) in [5, 5.41) is 60.4. The van der Waals surface area contributed by atoms with Gasteiger partial charge in [0.25, 0.3) is 5.91 Å². The number of aliphatic hydroxyl groups is 4. The number of likely N-dealkylation sites (N-methyl/N-ethyl adjacent to an activating group) is 1. The molecule has 0 bridgehead atoms. The van der Waals surface area contributed by atoms with Crippen molar-refractivity contribution in [1.82, 2.24) is 14.8 Å². The average Bonchev–Trinajstić information content (AvgIpc) is 3.11. The van der Waals surface area contributed by atoms with E-state index in [4.69, 9.17) is 17.3 Å². The Labute approximate surface area is 319 Å². The van der Waals surface area contributed by atoms with E-state index in [-0.39, 0.29) is 11.3 Å². The van der Waals surface area contributed by atoms with Crippen LogP contribution in [0.1, 0.15) is 57.6 Å². The number of pyridine rings is 1. The summed E-state index contributed by atoms with van der Waals surface area (Å²) in [6.45, 7) is 11.8. The molecule has 1 aromatic heterocycles. The summed E-state index contributed by atoms with van der Waals surface area (Å²) in [5.74, 6) is -8.87. The summed E-state index contributed by atoms with van der Waals surface area (Å²) in [5.41, 5.74) is 3.54. The van der Waals surface area contributed by atoms with Gasteiger partial charge in [-0.1, -0.05) is 44.5 Å². The van der Waals surface area contributed by atoms with Gasteiger partial charge in [-0.15, -0.1) is 0 Å². The van der Waals surface area contributed by atoms with Crippen LogP contribution in [0, 0.1) is 11.8 Å². The Bertz CT molecular complexity index is 2010. The zero-order chi connectivity index (χ0) is 39.8. The SMILES string of the molecule is CCN(CC)CCCC(C)Nc1ccnc2cc(Cl)ccc12.C[C@H]1c2cccc(O)c2C(O)=C2C(=O)[C@]3(O)C(O)=C(C(N)=O)C(=O)[C@@H](N(C)C)[C@@H]3[C@@H](O)[C@@H]21. The number of primary amides is 1. The first kappa shape index (κ1) is 40.7.